The van der Waals surface area contributed by atoms with Gasteiger partial charge in [0.25, 0.3) is 5.91 Å². The van der Waals surface area contributed by atoms with Gasteiger partial charge in [0.05, 0.1) is 17.1 Å². The molecule has 1 amide bonds. The average Bonchev–Trinajstić information content (AvgIpc) is 2.89. The van der Waals surface area contributed by atoms with E-state index in [9.17, 15) is 15.0 Å². The first kappa shape index (κ1) is 13.3. The van der Waals surface area contributed by atoms with Crippen molar-refractivity contribution in [2.45, 2.75) is 13.0 Å². The second-order valence-corrected chi connectivity index (χ2v) is 6.07. The van der Waals surface area contributed by atoms with Crippen LogP contribution in [0.2, 0.25) is 5.02 Å². The van der Waals surface area contributed by atoms with Gasteiger partial charge >= 0.3 is 0 Å². The predicted octanol–water partition coefficient (Wildman–Crippen LogP) is 3.01. The fraction of sp³-hybridized carbons (Fsp3) is 0.214. The molecule has 104 valence electrons. The first-order chi connectivity index (χ1) is 9.56. The van der Waals surface area contributed by atoms with Crippen molar-refractivity contribution in [2.75, 3.05) is 6.54 Å². The summed E-state index contributed by atoms with van der Waals surface area (Å²) in [5.74, 6) is -0.766. The number of thiophene rings is 1. The normalized spacial score (nSPS) is 14.2. The Morgan fingerprint density at radius 2 is 2.10 bits per heavy atom. The number of carbonyl (C=O) groups is 1. The molecule has 0 unspecified atom stereocenters. The van der Waals surface area contributed by atoms with Gasteiger partial charge < -0.3 is 15.1 Å². The number of phenols is 2. The molecular weight excluding hydrogens is 298 g/mol. The number of aromatic hydroxyl groups is 2. The van der Waals surface area contributed by atoms with Crippen LogP contribution in [-0.2, 0) is 13.0 Å². The minimum Gasteiger partial charge on any atom is -0.507 e. The van der Waals surface area contributed by atoms with Crippen molar-refractivity contribution >= 4 is 28.8 Å². The van der Waals surface area contributed by atoms with Gasteiger partial charge in [-0.3, -0.25) is 4.79 Å². The Morgan fingerprint density at radius 1 is 1.30 bits per heavy atom. The van der Waals surface area contributed by atoms with Gasteiger partial charge in [-0.05, 0) is 29.5 Å². The second kappa shape index (κ2) is 5.00. The van der Waals surface area contributed by atoms with Crippen molar-refractivity contribution in [3.05, 3.63) is 44.6 Å². The summed E-state index contributed by atoms with van der Waals surface area (Å²) in [6.45, 7) is 1.16. The molecular formula is C14H12ClNO3S. The first-order valence-corrected chi connectivity index (χ1v) is 7.38. The van der Waals surface area contributed by atoms with Gasteiger partial charge in [0.1, 0.15) is 11.5 Å². The first-order valence-electron chi connectivity index (χ1n) is 6.12. The van der Waals surface area contributed by atoms with E-state index in [2.05, 4.69) is 6.07 Å². The number of phenolic OH excluding ortho intramolecular Hbond substituents is 2. The van der Waals surface area contributed by atoms with Crippen LogP contribution >= 0.6 is 22.9 Å². The van der Waals surface area contributed by atoms with Crippen molar-refractivity contribution in [3.63, 3.8) is 0 Å². The summed E-state index contributed by atoms with van der Waals surface area (Å²) in [4.78, 5) is 15.3. The van der Waals surface area contributed by atoms with Gasteiger partial charge in [0.2, 0.25) is 0 Å². The maximum Gasteiger partial charge on any atom is 0.258 e. The van der Waals surface area contributed by atoms with E-state index in [1.807, 2.05) is 5.38 Å². The minimum atomic E-state index is -0.275. The Balaban J connectivity index is 1.89. The molecule has 0 bridgehead atoms. The van der Waals surface area contributed by atoms with Crippen molar-refractivity contribution in [3.8, 4) is 11.5 Å². The Kier molecular flexibility index (Phi) is 3.31. The number of nitrogens with zero attached hydrogens (tertiary/aromatic N) is 1. The largest absolute Gasteiger partial charge is 0.507 e. The highest BCUT2D eigenvalue weighted by molar-refractivity contribution is 7.10. The Morgan fingerprint density at radius 3 is 2.90 bits per heavy atom. The molecule has 2 aromatic rings. The molecule has 2 heterocycles. The van der Waals surface area contributed by atoms with Crippen molar-refractivity contribution in [1.82, 2.24) is 4.90 Å². The van der Waals surface area contributed by atoms with E-state index >= 15 is 0 Å². The van der Waals surface area contributed by atoms with Gasteiger partial charge in [-0.25, -0.2) is 0 Å². The van der Waals surface area contributed by atoms with E-state index < -0.39 is 0 Å². The van der Waals surface area contributed by atoms with Gasteiger partial charge in [-0.15, -0.1) is 11.3 Å². The van der Waals surface area contributed by atoms with Crippen molar-refractivity contribution in [1.29, 1.82) is 0 Å². The topological polar surface area (TPSA) is 60.8 Å². The van der Waals surface area contributed by atoms with Gasteiger partial charge in [-0.2, -0.15) is 0 Å². The van der Waals surface area contributed by atoms with Crippen LogP contribution in [0.1, 0.15) is 20.8 Å². The van der Waals surface area contributed by atoms with E-state index in [1.165, 1.54) is 16.5 Å². The Labute approximate surface area is 124 Å². The molecule has 4 nitrogen and oxygen atoms in total. The summed E-state index contributed by atoms with van der Waals surface area (Å²) in [5.41, 5.74) is 1.40. The molecule has 0 atom stereocenters. The van der Waals surface area contributed by atoms with Crippen LogP contribution in [0.15, 0.2) is 23.6 Å². The number of hydrogen-bond acceptors (Lipinski definition) is 4. The summed E-state index contributed by atoms with van der Waals surface area (Å²) >= 11 is 7.43. The average molecular weight is 310 g/mol. The zero-order valence-corrected chi connectivity index (χ0v) is 12.0. The van der Waals surface area contributed by atoms with Crippen LogP contribution in [0.5, 0.6) is 11.5 Å². The van der Waals surface area contributed by atoms with Crippen LogP contribution in [0.4, 0.5) is 0 Å². The van der Waals surface area contributed by atoms with Crippen LogP contribution < -0.4 is 0 Å². The third kappa shape index (κ3) is 2.23. The number of rotatable bonds is 1. The fourth-order valence-corrected chi connectivity index (χ4v) is 3.41. The standard InChI is InChI=1S/C14H12ClNO3S/c15-10-5-9(11(17)6-12(10)18)14(19)16-3-1-8-2-4-20-13(8)7-16/h2,4-6,17-18H,1,3,7H2. The number of amides is 1. The van der Waals surface area contributed by atoms with E-state index in [-0.39, 0.29) is 28.0 Å². The molecule has 20 heavy (non-hydrogen) atoms. The van der Waals surface area contributed by atoms with Crippen molar-refractivity contribution in [2.24, 2.45) is 0 Å². The third-order valence-electron chi connectivity index (χ3n) is 3.41. The second-order valence-electron chi connectivity index (χ2n) is 4.67. The lowest BCUT2D eigenvalue weighted by molar-refractivity contribution is 0.0734. The number of benzene rings is 1. The molecule has 6 heteroatoms. The lowest BCUT2D eigenvalue weighted by Gasteiger charge is -2.27. The van der Waals surface area contributed by atoms with Crippen molar-refractivity contribution < 1.29 is 15.0 Å². The maximum absolute atomic E-state index is 12.4. The summed E-state index contributed by atoms with van der Waals surface area (Å²) in [6.07, 6.45) is 0.817. The maximum atomic E-state index is 12.4. The molecule has 2 N–H and O–H groups in total. The van der Waals surface area contributed by atoms with Crippen LogP contribution in [0.25, 0.3) is 0 Å². The zero-order chi connectivity index (χ0) is 14.3. The lowest BCUT2D eigenvalue weighted by atomic mass is 10.1. The van der Waals surface area contributed by atoms with E-state index in [0.717, 1.165) is 12.5 Å². The summed E-state index contributed by atoms with van der Waals surface area (Å²) in [7, 11) is 0. The SMILES string of the molecule is O=C(c1cc(Cl)c(O)cc1O)N1CCc2ccsc2C1. The number of carbonyl (C=O) groups excluding carboxylic acids is 1. The van der Waals surface area contributed by atoms with E-state index in [1.54, 1.807) is 16.2 Å². The fourth-order valence-electron chi connectivity index (χ4n) is 2.30. The molecule has 0 saturated heterocycles. The molecule has 0 aliphatic carbocycles. The highest BCUT2D eigenvalue weighted by Gasteiger charge is 2.25. The minimum absolute atomic E-state index is 0.0555. The molecule has 1 aliphatic rings. The zero-order valence-electron chi connectivity index (χ0n) is 10.5. The van der Waals surface area contributed by atoms with Crippen LogP contribution in [0, 0.1) is 0 Å². The van der Waals surface area contributed by atoms with E-state index in [4.69, 9.17) is 11.6 Å². The summed E-state index contributed by atoms with van der Waals surface area (Å²) < 4.78 is 0. The Bertz CT molecular complexity index is 683. The van der Waals surface area contributed by atoms with Crippen LogP contribution in [-0.4, -0.2) is 27.6 Å². The molecule has 0 spiro atoms. The van der Waals surface area contributed by atoms with Gasteiger partial charge in [0, 0.05) is 17.5 Å². The highest BCUT2D eigenvalue weighted by Crippen LogP contribution is 2.33. The quantitative estimate of drug-likeness (QED) is 0.851. The predicted molar refractivity (Wildman–Crippen MR) is 77.5 cm³/mol. The number of hydrogen-bond donors (Lipinski definition) is 2. The number of fused-ring (bicyclic) bond motifs is 1. The molecule has 0 radical (unpaired) electrons. The van der Waals surface area contributed by atoms with Gasteiger partial charge in [0.15, 0.2) is 0 Å². The van der Waals surface area contributed by atoms with Crippen LogP contribution in [0.3, 0.4) is 0 Å². The van der Waals surface area contributed by atoms with Gasteiger partial charge in [-0.1, -0.05) is 11.6 Å². The molecule has 0 fully saturated rings. The van der Waals surface area contributed by atoms with E-state index in [0.29, 0.717) is 13.1 Å². The molecule has 1 aromatic carbocycles. The molecule has 1 aromatic heterocycles. The summed E-state index contributed by atoms with van der Waals surface area (Å²) in [5, 5.41) is 21.3. The highest BCUT2D eigenvalue weighted by atomic mass is 35.5. The monoisotopic (exact) mass is 309 g/mol. The third-order valence-corrected chi connectivity index (χ3v) is 4.66. The molecule has 0 saturated carbocycles. The number of halogens is 1. The lowest BCUT2D eigenvalue weighted by Crippen LogP contribution is -2.35. The Hall–Kier alpha value is -1.72. The summed E-state index contributed by atoms with van der Waals surface area (Å²) in [6, 6.07) is 4.48. The smallest absolute Gasteiger partial charge is 0.258 e. The molecule has 1 aliphatic heterocycles. The molecule has 3 rings (SSSR count).